The predicted octanol–water partition coefficient (Wildman–Crippen LogP) is 4.52. The summed E-state index contributed by atoms with van der Waals surface area (Å²) in [5.41, 5.74) is 4.77. The number of ether oxygens (including phenoxy) is 4. The average molecular weight is 666 g/mol. The Labute approximate surface area is 283 Å². The number of nitrogens with one attached hydrogen (secondary N) is 3. The molecule has 0 saturated heterocycles. The molecule has 2 aromatic carbocycles. The normalized spacial score (nSPS) is 16.9. The predicted molar refractivity (Wildman–Crippen MR) is 182 cm³/mol. The summed E-state index contributed by atoms with van der Waals surface area (Å²) in [6.07, 6.45) is 4.59. The summed E-state index contributed by atoms with van der Waals surface area (Å²) in [5.74, 6) is -0.0454. The molecule has 2 atom stereocenters. The summed E-state index contributed by atoms with van der Waals surface area (Å²) in [4.78, 5) is 48.1. The first kappa shape index (κ1) is 37.0. The number of ketones is 1. The van der Waals surface area contributed by atoms with Gasteiger partial charge in [-0.05, 0) is 61.3 Å². The van der Waals surface area contributed by atoms with Crippen LogP contribution in [0, 0.1) is 5.92 Å². The van der Waals surface area contributed by atoms with Crippen molar-refractivity contribution in [3.63, 3.8) is 0 Å². The number of benzene rings is 2. The summed E-state index contributed by atoms with van der Waals surface area (Å²) in [6.45, 7) is 5.64. The molecular weight excluding hydrogens is 614 g/mol. The van der Waals surface area contributed by atoms with Crippen LogP contribution in [0.4, 0.5) is 4.79 Å². The van der Waals surface area contributed by atoms with Crippen LogP contribution in [-0.2, 0) is 33.3 Å². The Morgan fingerprint density at radius 1 is 0.708 bits per heavy atom. The monoisotopic (exact) mass is 665 g/mol. The van der Waals surface area contributed by atoms with Crippen molar-refractivity contribution in [2.24, 2.45) is 5.92 Å². The summed E-state index contributed by atoms with van der Waals surface area (Å²) < 4.78 is 22.2. The molecule has 4 rings (SSSR count). The molecule has 0 heterocycles. The lowest BCUT2D eigenvalue weighted by atomic mass is 9.83. The maximum Gasteiger partial charge on any atom is 0.407 e. The van der Waals surface area contributed by atoms with Crippen LogP contribution < -0.4 is 16.0 Å². The van der Waals surface area contributed by atoms with E-state index in [1.165, 1.54) is 22.3 Å². The highest BCUT2D eigenvalue weighted by molar-refractivity contribution is 5.84. The molecule has 2 aliphatic carbocycles. The zero-order chi connectivity index (χ0) is 34.0. The summed E-state index contributed by atoms with van der Waals surface area (Å²) >= 11 is 0. The second kappa shape index (κ2) is 20.5. The number of alkyl carbamates (subject to hydrolysis) is 1. The average Bonchev–Trinajstić information content (AvgIpc) is 3.41. The van der Waals surface area contributed by atoms with Gasteiger partial charge in [0.25, 0.3) is 0 Å². The molecule has 262 valence electrons. The third-order valence-corrected chi connectivity index (χ3v) is 8.80. The highest BCUT2D eigenvalue weighted by Crippen LogP contribution is 2.44. The van der Waals surface area contributed by atoms with Gasteiger partial charge in [0.05, 0.1) is 26.4 Å². The topological polar surface area (TPSA) is 141 Å². The fourth-order valence-corrected chi connectivity index (χ4v) is 6.26. The Hall–Kier alpha value is -3.80. The van der Waals surface area contributed by atoms with Gasteiger partial charge in [-0.15, -0.1) is 0 Å². The molecule has 2 unspecified atom stereocenters. The molecule has 1 fully saturated rings. The lowest BCUT2D eigenvalue weighted by Gasteiger charge is -2.28. The molecule has 48 heavy (non-hydrogen) atoms. The number of carbonyl (C=O) groups excluding carboxylic acids is 4. The molecule has 0 aliphatic heterocycles. The van der Waals surface area contributed by atoms with E-state index in [2.05, 4.69) is 40.2 Å². The highest BCUT2D eigenvalue weighted by atomic mass is 16.6. The van der Waals surface area contributed by atoms with Crippen molar-refractivity contribution in [3.8, 4) is 11.1 Å². The maximum absolute atomic E-state index is 12.3. The molecule has 1 saturated carbocycles. The van der Waals surface area contributed by atoms with Crippen molar-refractivity contribution < 1.29 is 38.1 Å². The van der Waals surface area contributed by atoms with Crippen LogP contribution in [-0.4, -0.2) is 89.1 Å². The van der Waals surface area contributed by atoms with Gasteiger partial charge in [-0.2, -0.15) is 0 Å². The Morgan fingerprint density at radius 3 is 1.90 bits per heavy atom. The van der Waals surface area contributed by atoms with Gasteiger partial charge in [-0.3, -0.25) is 14.4 Å². The van der Waals surface area contributed by atoms with E-state index in [4.69, 9.17) is 18.9 Å². The number of hydrogen-bond donors (Lipinski definition) is 3. The van der Waals surface area contributed by atoms with Crippen LogP contribution in [0.25, 0.3) is 11.1 Å². The molecule has 0 radical (unpaired) electrons. The van der Waals surface area contributed by atoms with Gasteiger partial charge in [-0.1, -0.05) is 55.0 Å². The molecular formula is C37H51N3O8. The number of amides is 3. The Kier molecular flexibility index (Phi) is 15.8. The quantitative estimate of drug-likeness (QED) is 0.166. The first-order valence-electron chi connectivity index (χ1n) is 17.3. The molecule has 0 aromatic heterocycles. The van der Waals surface area contributed by atoms with Gasteiger partial charge in [0.2, 0.25) is 11.8 Å². The maximum atomic E-state index is 12.3. The molecule has 3 N–H and O–H groups in total. The van der Waals surface area contributed by atoms with E-state index in [0.29, 0.717) is 78.6 Å². The lowest BCUT2D eigenvalue weighted by Crippen LogP contribution is -2.40. The number of rotatable bonds is 21. The van der Waals surface area contributed by atoms with Crippen LogP contribution in [0.15, 0.2) is 48.5 Å². The van der Waals surface area contributed by atoms with Crippen molar-refractivity contribution in [1.82, 2.24) is 16.0 Å². The van der Waals surface area contributed by atoms with Crippen molar-refractivity contribution in [1.29, 1.82) is 0 Å². The third kappa shape index (κ3) is 12.3. The van der Waals surface area contributed by atoms with Crippen LogP contribution in [0.5, 0.6) is 0 Å². The zero-order valence-corrected chi connectivity index (χ0v) is 28.1. The lowest BCUT2D eigenvalue weighted by molar-refractivity contribution is -0.127. The molecule has 11 heteroatoms. The number of carbonyl (C=O) groups is 4. The summed E-state index contributed by atoms with van der Waals surface area (Å²) in [5, 5.41) is 8.57. The zero-order valence-electron chi connectivity index (χ0n) is 28.1. The second-order valence-electron chi connectivity index (χ2n) is 12.4. The van der Waals surface area contributed by atoms with Crippen molar-refractivity contribution >= 4 is 23.7 Å². The van der Waals surface area contributed by atoms with Gasteiger partial charge >= 0.3 is 6.09 Å². The smallest absolute Gasteiger partial charge is 0.407 e. The van der Waals surface area contributed by atoms with E-state index in [9.17, 15) is 19.2 Å². The van der Waals surface area contributed by atoms with Crippen LogP contribution in [0.2, 0.25) is 0 Å². The van der Waals surface area contributed by atoms with Crippen LogP contribution >= 0.6 is 0 Å². The van der Waals surface area contributed by atoms with Crippen LogP contribution in [0.1, 0.15) is 75.3 Å². The van der Waals surface area contributed by atoms with Gasteiger partial charge in [-0.25, -0.2) is 4.79 Å². The molecule has 0 bridgehead atoms. The highest BCUT2D eigenvalue weighted by Gasteiger charge is 2.29. The minimum atomic E-state index is -0.428. The molecule has 11 nitrogen and oxygen atoms in total. The Bertz CT molecular complexity index is 1290. The van der Waals surface area contributed by atoms with E-state index >= 15 is 0 Å². The molecule has 0 spiro atoms. The molecule has 2 aromatic rings. The van der Waals surface area contributed by atoms with Gasteiger partial charge in [0.1, 0.15) is 12.4 Å². The van der Waals surface area contributed by atoms with E-state index in [1.807, 2.05) is 24.3 Å². The first-order valence-corrected chi connectivity index (χ1v) is 17.3. The van der Waals surface area contributed by atoms with Crippen molar-refractivity contribution in [2.75, 3.05) is 59.3 Å². The van der Waals surface area contributed by atoms with Crippen molar-refractivity contribution in [2.45, 2.75) is 70.3 Å². The second-order valence-corrected chi connectivity index (χ2v) is 12.4. The first-order chi connectivity index (χ1) is 23.4. The standard InChI is InChI=1S/C37H51N3O8/c1-27(41)28-9-6-10-29(25-28)40-36(43)16-15-35(42)38-17-7-19-45-21-23-47-24-22-46-20-8-18-39-37(44)48-26-34-32-13-4-2-11-30(32)31-12-3-5-14-33(31)34/h2-5,11-14,28-29,34H,6-10,15-26H2,1H3,(H,38,42)(H,39,44)(H,40,43). The van der Waals surface area contributed by atoms with Crippen LogP contribution in [0.3, 0.4) is 0 Å². The van der Waals surface area contributed by atoms with Gasteiger partial charge < -0.3 is 34.9 Å². The minimum absolute atomic E-state index is 0.0234. The van der Waals surface area contributed by atoms with E-state index in [1.54, 1.807) is 6.92 Å². The van der Waals surface area contributed by atoms with Gasteiger partial charge in [0.15, 0.2) is 0 Å². The fraction of sp³-hybridized carbons (Fsp3) is 0.568. The fourth-order valence-electron chi connectivity index (χ4n) is 6.26. The van der Waals surface area contributed by atoms with E-state index in [0.717, 1.165) is 19.3 Å². The Balaban J connectivity index is 0.895. The molecule has 3 amide bonds. The van der Waals surface area contributed by atoms with E-state index < -0.39 is 6.09 Å². The molecule has 2 aliphatic rings. The summed E-state index contributed by atoms with van der Waals surface area (Å²) in [6, 6.07) is 16.5. The van der Waals surface area contributed by atoms with Crippen molar-refractivity contribution in [3.05, 3.63) is 59.7 Å². The number of hydrogen-bond acceptors (Lipinski definition) is 8. The largest absolute Gasteiger partial charge is 0.449 e. The minimum Gasteiger partial charge on any atom is -0.449 e. The summed E-state index contributed by atoms with van der Waals surface area (Å²) in [7, 11) is 0. The third-order valence-electron chi connectivity index (χ3n) is 8.80. The number of fused-ring (bicyclic) bond motifs is 3. The SMILES string of the molecule is CC(=O)C1CCCC(NC(=O)CCC(=O)NCCCOCCOCCOCCCNC(=O)OCC2c3ccccc3-c3ccccc32)C1. The van der Waals surface area contributed by atoms with E-state index in [-0.39, 0.29) is 48.3 Å². The number of Topliss-reactive ketones (excluding diaryl/α,β-unsaturated/α-hetero) is 1. The van der Waals surface area contributed by atoms with Gasteiger partial charge in [0, 0.05) is 57.0 Å². The Morgan fingerprint density at radius 2 is 1.27 bits per heavy atom.